The summed E-state index contributed by atoms with van der Waals surface area (Å²) >= 11 is 0. The number of rotatable bonds is 10. The minimum absolute atomic E-state index is 0.0595. The van der Waals surface area contributed by atoms with Gasteiger partial charge in [0.15, 0.2) is 8.32 Å². The Bertz CT molecular complexity index is 664. The second-order valence-corrected chi connectivity index (χ2v) is 13.5. The van der Waals surface area contributed by atoms with Gasteiger partial charge in [-0.25, -0.2) is 4.79 Å². The van der Waals surface area contributed by atoms with E-state index in [1.165, 1.54) is 0 Å². The van der Waals surface area contributed by atoms with Crippen LogP contribution in [0, 0.1) is 0 Å². The van der Waals surface area contributed by atoms with Gasteiger partial charge in [0.05, 0.1) is 18.8 Å². The van der Waals surface area contributed by atoms with Crippen molar-refractivity contribution in [3.05, 3.63) is 60.7 Å². The number of benzene rings is 1. The van der Waals surface area contributed by atoms with E-state index < -0.39 is 8.32 Å². The monoisotopic (exact) mass is 417 g/mol. The highest BCUT2D eigenvalue weighted by atomic mass is 28.4. The van der Waals surface area contributed by atoms with Gasteiger partial charge in [-0.1, -0.05) is 69.3 Å². The average molecular weight is 418 g/mol. The van der Waals surface area contributed by atoms with Gasteiger partial charge < -0.3 is 9.16 Å². The highest BCUT2D eigenvalue weighted by Gasteiger charge is 2.42. The van der Waals surface area contributed by atoms with Crippen LogP contribution in [0.15, 0.2) is 55.1 Å². The molecule has 0 radical (unpaired) electrons. The molecule has 1 aromatic carbocycles. The summed E-state index contributed by atoms with van der Waals surface area (Å²) in [7, 11) is -2.08. The molecule has 0 aromatic heterocycles. The first kappa shape index (κ1) is 25.2. The van der Waals surface area contributed by atoms with Crippen molar-refractivity contribution in [2.75, 3.05) is 13.2 Å². The van der Waals surface area contributed by atoms with Crippen molar-refractivity contribution in [2.24, 2.45) is 0 Å². The van der Waals surface area contributed by atoms with Crippen LogP contribution in [0.4, 0.5) is 4.79 Å². The molecule has 1 rings (SSSR count). The molecule has 5 heteroatoms. The van der Waals surface area contributed by atoms with Crippen LogP contribution in [0.5, 0.6) is 0 Å². The maximum absolute atomic E-state index is 12.9. The molecule has 2 atom stereocenters. The van der Waals surface area contributed by atoms with E-state index in [4.69, 9.17) is 9.16 Å². The summed E-state index contributed by atoms with van der Waals surface area (Å²) in [5.41, 5.74) is 1.03. The number of hydrogen-bond donors (Lipinski definition) is 0. The normalized spacial score (nSPS) is 14.4. The predicted octanol–water partition coefficient (Wildman–Crippen LogP) is 6.73. The highest BCUT2D eigenvalue weighted by molar-refractivity contribution is 6.74. The van der Waals surface area contributed by atoms with Crippen LogP contribution in [0.25, 0.3) is 0 Å². The lowest BCUT2D eigenvalue weighted by atomic mass is 9.99. The smallest absolute Gasteiger partial charge is 0.410 e. The van der Waals surface area contributed by atoms with Crippen molar-refractivity contribution >= 4 is 14.4 Å². The molecule has 0 saturated carbocycles. The first-order chi connectivity index (χ1) is 13.6. The molecule has 1 amide bonds. The van der Waals surface area contributed by atoms with Crippen molar-refractivity contribution in [3.8, 4) is 0 Å². The summed E-state index contributed by atoms with van der Waals surface area (Å²) in [5.74, 6) is 0. The van der Waals surface area contributed by atoms with E-state index >= 15 is 0 Å². The largest absolute Gasteiger partial charge is 0.450 e. The average Bonchev–Trinajstić information content (AvgIpc) is 2.64. The fourth-order valence-electron chi connectivity index (χ4n) is 2.89. The molecule has 4 nitrogen and oxygen atoms in total. The number of allylic oxidation sites excluding steroid dienone is 1. The Morgan fingerprint density at radius 2 is 1.86 bits per heavy atom. The van der Waals surface area contributed by atoms with Gasteiger partial charge in [0.25, 0.3) is 0 Å². The summed E-state index contributed by atoms with van der Waals surface area (Å²) < 4.78 is 12.2. The summed E-state index contributed by atoms with van der Waals surface area (Å²) in [4.78, 5) is 14.7. The predicted molar refractivity (Wildman–Crippen MR) is 125 cm³/mol. The van der Waals surface area contributed by atoms with Gasteiger partial charge in [0.2, 0.25) is 0 Å². The molecule has 0 spiro atoms. The lowest BCUT2D eigenvalue weighted by molar-refractivity contribution is 0.0559. The third-order valence-electron chi connectivity index (χ3n) is 5.48. The lowest BCUT2D eigenvalue weighted by Crippen LogP contribution is -2.49. The van der Waals surface area contributed by atoms with E-state index in [1.54, 1.807) is 4.90 Å². The van der Waals surface area contributed by atoms with E-state index in [1.807, 2.05) is 44.2 Å². The lowest BCUT2D eigenvalue weighted by Gasteiger charge is -2.43. The van der Waals surface area contributed by atoms with Gasteiger partial charge in [-0.2, -0.15) is 0 Å². The van der Waals surface area contributed by atoms with Gasteiger partial charge >= 0.3 is 6.09 Å². The second kappa shape index (κ2) is 11.4. The van der Waals surface area contributed by atoms with Crippen LogP contribution < -0.4 is 0 Å². The van der Waals surface area contributed by atoms with Gasteiger partial charge in [-0.3, -0.25) is 4.90 Å². The van der Waals surface area contributed by atoms with Crippen LogP contribution in [-0.4, -0.2) is 38.6 Å². The van der Waals surface area contributed by atoms with E-state index in [9.17, 15) is 4.79 Å². The van der Waals surface area contributed by atoms with Crippen molar-refractivity contribution < 1.29 is 14.0 Å². The number of amides is 1. The zero-order valence-electron chi connectivity index (χ0n) is 19.3. The van der Waals surface area contributed by atoms with Crippen LogP contribution in [0.3, 0.4) is 0 Å². The minimum atomic E-state index is -2.08. The molecule has 0 N–H and O–H groups in total. The fourth-order valence-corrected chi connectivity index (χ4v) is 4.13. The fraction of sp³-hybridized carbons (Fsp3) is 0.542. The zero-order valence-corrected chi connectivity index (χ0v) is 20.3. The third kappa shape index (κ3) is 7.16. The first-order valence-corrected chi connectivity index (χ1v) is 13.4. The van der Waals surface area contributed by atoms with Gasteiger partial charge in [-0.15, -0.1) is 6.58 Å². The topological polar surface area (TPSA) is 38.8 Å². The maximum Gasteiger partial charge on any atom is 0.410 e. The number of carbonyl (C=O) groups is 1. The van der Waals surface area contributed by atoms with Gasteiger partial charge in [-0.05, 0) is 44.0 Å². The molecule has 1 aromatic rings. The molecule has 0 fully saturated rings. The Kier molecular flexibility index (Phi) is 9.87. The molecule has 0 bridgehead atoms. The number of ether oxygens (including phenoxy) is 1. The van der Waals surface area contributed by atoms with Crippen molar-refractivity contribution in [1.82, 2.24) is 4.90 Å². The first-order valence-electron chi connectivity index (χ1n) is 10.5. The van der Waals surface area contributed by atoms with E-state index in [0.29, 0.717) is 19.6 Å². The molecule has 0 unspecified atom stereocenters. The highest BCUT2D eigenvalue weighted by Crippen LogP contribution is 2.40. The Morgan fingerprint density at radius 1 is 1.24 bits per heavy atom. The second-order valence-electron chi connectivity index (χ2n) is 8.69. The number of hydrogen-bond acceptors (Lipinski definition) is 3. The molecule has 0 aliphatic rings. The van der Waals surface area contributed by atoms with Crippen molar-refractivity contribution in [2.45, 2.75) is 71.3 Å². The van der Waals surface area contributed by atoms with E-state index in [0.717, 1.165) is 5.56 Å². The Balaban J connectivity index is 3.49. The maximum atomic E-state index is 12.9. The summed E-state index contributed by atoms with van der Waals surface area (Å²) in [6.45, 7) is 19.7. The summed E-state index contributed by atoms with van der Waals surface area (Å²) in [6.07, 6.45) is 6.00. The minimum Gasteiger partial charge on any atom is -0.450 e. The Hall–Kier alpha value is -1.85. The van der Waals surface area contributed by atoms with Crippen LogP contribution in [-0.2, 0) is 9.16 Å². The Morgan fingerprint density at radius 3 is 2.34 bits per heavy atom. The number of nitrogens with zero attached hydrogens (tertiary/aromatic N) is 1. The SMILES string of the molecule is C=CCCN(C(=O)OCC)[C@H](c1ccccc1)[C@@H](/C=C/C)O[Si](C)(C)C(C)(C)C. The molecule has 162 valence electrons. The third-order valence-corrected chi connectivity index (χ3v) is 9.96. The van der Waals surface area contributed by atoms with E-state index in [-0.39, 0.29) is 23.3 Å². The molecular weight excluding hydrogens is 378 g/mol. The molecular formula is C24H39NO3Si. The molecule has 0 aliphatic heterocycles. The zero-order chi connectivity index (χ0) is 22.1. The summed E-state index contributed by atoms with van der Waals surface area (Å²) in [5, 5.41) is 0.0595. The van der Waals surface area contributed by atoms with Crippen LogP contribution >= 0.6 is 0 Å². The van der Waals surface area contributed by atoms with Crippen molar-refractivity contribution in [1.29, 1.82) is 0 Å². The molecule has 0 aliphatic carbocycles. The standard InChI is InChI=1S/C24H39NO3Si/c1-9-12-19-25(23(26)27-11-3)22(20-17-14-13-15-18-20)21(16-10-2)28-29(7,8)24(4,5)6/h9-10,13-18,21-22H,1,11-12,19H2,2-8H3/b16-10+/t21-,22-/m1/s1. The summed E-state index contributed by atoms with van der Waals surface area (Å²) in [6, 6.07) is 9.81. The Labute approximate surface area is 178 Å². The van der Waals surface area contributed by atoms with Crippen LogP contribution in [0.2, 0.25) is 18.1 Å². The quantitative estimate of drug-likeness (QED) is 0.313. The van der Waals surface area contributed by atoms with Crippen molar-refractivity contribution in [3.63, 3.8) is 0 Å². The number of carbonyl (C=O) groups excluding carboxylic acids is 1. The molecule has 29 heavy (non-hydrogen) atoms. The molecule has 0 saturated heterocycles. The molecule has 0 heterocycles. The van der Waals surface area contributed by atoms with Gasteiger partial charge in [0, 0.05) is 6.54 Å². The van der Waals surface area contributed by atoms with Crippen LogP contribution in [0.1, 0.15) is 52.6 Å². The van der Waals surface area contributed by atoms with Gasteiger partial charge in [0.1, 0.15) is 0 Å². The van der Waals surface area contributed by atoms with E-state index in [2.05, 4.69) is 58.7 Å².